The van der Waals surface area contributed by atoms with Gasteiger partial charge in [-0.15, -0.1) is 0 Å². The summed E-state index contributed by atoms with van der Waals surface area (Å²) in [6, 6.07) is 13.6. The van der Waals surface area contributed by atoms with Crippen molar-refractivity contribution >= 4 is 17.4 Å². The molecule has 1 aliphatic rings. The summed E-state index contributed by atoms with van der Waals surface area (Å²) in [4.78, 5) is 15.2. The van der Waals surface area contributed by atoms with Crippen molar-refractivity contribution in [3.8, 4) is 0 Å². The molecule has 1 heterocycles. The first-order chi connectivity index (χ1) is 11.1. The van der Waals surface area contributed by atoms with E-state index in [-0.39, 0.29) is 5.82 Å². The first-order valence-corrected chi connectivity index (χ1v) is 7.50. The fourth-order valence-corrected chi connectivity index (χ4v) is 2.61. The summed E-state index contributed by atoms with van der Waals surface area (Å²) in [6.07, 6.45) is 1.23. The number of hydrogen-bond acceptors (Lipinski definition) is 3. The Bertz CT molecular complexity index is 741. The average Bonchev–Trinajstić information content (AvgIpc) is 3.05. The van der Waals surface area contributed by atoms with Gasteiger partial charge in [-0.1, -0.05) is 30.3 Å². The molecule has 0 saturated heterocycles. The van der Waals surface area contributed by atoms with Crippen LogP contribution in [0.5, 0.6) is 0 Å². The van der Waals surface area contributed by atoms with Gasteiger partial charge < -0.3 is 10.4 Å². The molecule has 0 bridgehead atoms. The number of anilines is 1. The van der Waals surface area contributed by atoms with Crippen molar-refractivity contribution in [1.82, 2.24) is 0 Å². The number of rotatable bonds is 5. The highest BCUT2D eigenvalue weighted by molar-refractivity contribution is 6.03. The van der Waals surface area contributed by atoms with Crippen LogP contribution in [0.15, 0.2) is 53.5 Å². The van der Waals surface area contributed by atoms with Gasteiger partial charge in [0.05, 0.1) is 0 Å². The van der Waals surface area contributed by atoms with Gasteiger partial charge in [0.2, 0.25) is 0 Å². The largest absolute Gasteiger partial charge is 0.480 e. The highest BCUT2D eigenvalue weighted by Gasteiger charge is 2.24. The van der Waals surface area contributed by atoms with Gasteiger partial charge in [-0.05, 0) is 36.6 Å². The van der Waals surface area contributed by atoms with Crippen LogP contribution in [0.1, 0.15) is 24.0 Å². The van der Waals surface area contributed by atoms with Crippen molar-refractivity contribution in [3.05, 3.63) is 65.5 Å². The molecule has 5 heteroatoms. The summed E-state index contributed by atoms with van der Waals surface area (Å²) >= 11 is 0. The standard InChI is InChI=1S/C18H17FN2O2/c19-15-4-2-1-3-13(15)11-20-14-7-5-12(6-8-14)16-9-10-17(21-16)18(22)23/h1-8,17,20H,9-11H2,(H,22,23)/t17-/m0/s1. The number of carboxylic acids is 1. The van der Waals surface area contributed by atoms with Crippen molar-refractivity contribution in [2.45, 2.75) is 25.4 Å². The number of aliphatic carboxylic acids is 1. The van der Waals surface area contributed by atoms with Crippen LogP contribution < -0.4 is 5.32 Å². The lowest BCUT2D eigenvalue weighted by molar-refractivity contribution is -0.138. The molecular formula is C18H17FN2O2. The fourth-order valence-electron chi connectivity index (χ4n) is 2.61. The Hall–Kier alpha value is -2.69. The number of carboxylic acid groups (broad SMARTS) is 1. The summed E-state index contributed by atoms with van der Waals surface area (Å²) in [5.74, 6) is -1.10. The van der Waals surface area contributed by atoms with Crippen LogP contribution in [0.3, 0.4) is 0 Å². The van der Waals surface area contributed by atoms with Crippen LogP contribution in [0.2, 0.25) is 0 Å². The highest BCUT2D eigenvalue weighted by atomic mass is 19.1. The number of aliphatic imine (C=N–C) groups is 1. The molecule has 0 spiro atoms. The van der Waals surface area contributed by atoms with Crippen molar-refractivity contribution in [2.24, 2.45) is 4.99 Å². The first-order valence-electron chi connectivity index (χ1n) is 7.50. The Balaban J connectivity index is 1.65. The molecule has 3 rings (SSSR count). The van der Waals surface area contributed by atoms with E-state index in [0.29, 0.717) is 24.9 Å². The van der Waals surface area contributed by atoms with E-state index in [2.05, 4.69) is 10.3 Å². The zero-order valence-electron chi connectivity index (χ0n) is 12.5. The second-order valence-corrected chi connectivity index (χ2v) is 5.49. The van der Waals surface area contributed by atoms with Gasteiger partial charge in [0, 0.05) is 23.5 Å². The summed E-state index contributed by atoms with van der Waals surface area (Å²) in [7, 11) is 0. The van der Waals surface area contributed by atoms with E-state index in [1.165, 1.54) is 6.07 Å². The number of nitrogens with one attached hydrogen (secondary N) is 1. The SMILES string of the molecule is O=C(O)[C@@H]1CCC(c2ccc(NCc3ccccc3F)cc2)=N1. The van der Waals surface area contributed by atoms with E-state index in [4.69, 9.17) is 5.11 Å². The lowest BCUT2D eigenvalue weighted by Gasteiger charge is -2.08. The van der Waals surface area contributed by atoms with Gasteiger partial charge in [-0.2, -0.15) is 0 Å². The summed E-state index contributed by atoms with van der Waals surface area (Å²) < 4.78 is 13.6. The molecule has 2 aromatic carbocycles. The topological polar surface area (TPSA) is 61.7 Å². The van der Waals surface area contributed by atoms with Crippen LogP contribution in [-0.2, 0) is 11.3 Å². The van der Waals surface area contributed by atoms with Crippen molar-refractivity contribution in [1.29, 1.82) is 0 Å². The Morgan fingerprint density at radius 2 is 1.96 bits per heavy atom. The molecule has 0 aliphatic carbocycles. The van der Waals surface area contributed by atoms with E-state index in [1.54, 1.807) is 18.2 Å². The molecule has 4 nitrogen and oxygen atoms in total. The summed E-state index contributed by atoms with van der Waals surface area (Å²) in [5.41, 5.74) is 3.26. The number of nitrogens with zero attached hydrogens (tertiary/aromatic N) is 1. The number of halogens is 1. The zero-order chi connectivity index (χ0) is 16.2. The lowest BCUT2D eigenvalue weighted by Crippen LogP contribution is -2.13. The quantitative estimate of drug-likeness (QED) is 0.888. The molecular weight excluding hydrogens is 295 g/mol. The van der Waals surface area contributed by atoms with Crippen molar-refractivity contribution < 1.29 is 14.3 Å². The van der Waals surface area contributed by atoms with Gasteiger partial charge in [0.15, 0.2) is 0 Å². The third-order valence-electron chi connectivity index (χ3n) is 3.91. The van der Waals surface area contributed by atoms with Crippen molar-refractivity contribution in [3.63, 3.8) is 0 Å². The smallest absolute Gasteiger partial charge is 0.328 e. The minimum Gasteiger partial charge on any atom is -0.480 e. The maximum absolute atomic E-state index is 13.6. The Kier molecular flexibility index (Phi) is 4.37. The molecule has 2 aromatic rings. The number of benzene rings is 2. The Morgan fingerprint density at radius 1 is 1.22 bits per heavy atom. The monoisotopic (exact) mass is 312 g/mol. The van der Waals surface area contributed by atoms with Gasteiger partial charge in [-0.25, -0.2) is 9.18 Å². The van der Waals surface area contributed by atoms with Gasteiger partial charge in [0.1, 0.15) is 11.9 Å². The minimum atomic E-state index is -0.872. The molecule has 118 valence electrons. The molecule has 0 unspecified atom stereocenters. The minimum absolute atomic E-state index is 0.225. The molecule has 0 radical (unpaired) electrons. The molecule has 0 fully saturated rings. The number of carbonyl (C=O) groups is 1. The third-order valence-corrected chi connectivity index (χ3v) is 3.91. The van der Waals surface area contributed by atoms with Gasteiger partial charge in [0.25, 0.3) is 0 Å². The van der Waals surface area contributed by atoms with Crippen LogP contribution >= 0.6 is 0 Å². The molecule has 2 N–H and O–H groups in total. The van der Waals surface area contributed by atoms with E-state index in [1.807, 2.05) is 24.3 Å². The molecule has 23 heavy (non-hydrogen) atoms. The predicted molar refractivity (Wildman–Crippen MR) is 87.4 cm³/mol. The molecule has 1 aliphatic heterocycles. The molecule has 0 saturated carbocycles. The second-order valence-electron chi connectivity index (χ2n) is 5.49. The van der Waals surface area contributed by atoms with E-state index in [0.717, 1.165) is 17.0 Å². The van der Waals surface area contributed by atoms with E-state index in [9.17, 15) is 9.18 Å². The maximum atomic E-state index is 13.6. The first kappa shape index (κ1) is 15.2. The lowest BCUT2D eigenvalue weighted by atomic mass is 10.1. The zero-order valence-corrected chi connectivity index (χ0v) is 12.5. The molecule has 0 amide bonds. The van der Waals surface area contributed by atoms with Crippen molar-refractivity contribution in [2.75, 3.05) is 5.32 Å². The normalized spacial score (nSPS) is 16.9. The fraction of sp³-hybridized carbons (Fsp3) is 0.222. The van der Waals surface area contributed by atoms with Gasteiger partial charge in [-0.3, -0.25) is 4.99 Å². The number of hydrogen-bond donors (Lipinski definition) is 2. The summed E-state index contributed by atoms with van der Waals surface area (Å²) in [5, 5.41) is 12.1. The second kappa shape index (κ2) is 6.60. The Morgan fingerprint density at radius 3 is 2.61 bits per heavy atom. The van der Waals surface area contributed by atoms with E-state index >= 15 is 0 Å². The molecule has 0 aromatic heterocycles. The van der Waals surface area contributed by atoms with Crippen LogP contribution in [0.25, 0.3) is 0 Å². The van der Waals surface area contributed by atoms with Crippen LogP contribution in [0.4, 0.5) is 10.1 Å². The summed E-state index contributed by atoms with van der Waals surface area (Å²) in [6.45, 7) is 0.411. The predicted octanol–water partition coefficient (Wildman–Crippen LogP) is 3.47. The average molecular weight is 312 g/mol. The van der Waals surface area contributed by atoms with Gasteiger partial charge >= 0.3 is 5.97 Å². The molecule has 1 atom stereocenters. The highest BCUT2D eigenvalue weighted by Crippen LogP contribution is 2.20. The Labute approximate surface area is 133 Å². The third kappa shape index (κ3) is 3.56. The maximum Gasteiger partial charge on any atom is 0.328 e. The van der Waals surface area contributed by atoms with Crippen LogP contribution in [-0.4, -0.2) is 22.8 Å². The van der Waals surface area contributed by atoms with E-state index < -0.39 is 12.0 Å². The van der Waals surface area contributed by atoms with Crippen LogP contribution in [0, 0.1) is 5.82 Å².